The first-order chi connectivity index (χ1) is 8.95. The summed E-state index contributed by atoms with van der Waals surface area (Å²) in [6.07, 6.45) is 7.23. The molecule has 0 bridgehead atoms. The molecule has 1 aliphatic rings. The molecule has 19 heavy (non-hydrogen) atoms. The average Bonchev–Trinajstić information content (AvgIpc) is 3.11. The zero-order valence-electron chi connectivity index (χ0n) is 10.3. The molecular formula is C13H15FN2O2S. The summed E-state index contributed by atoms with van der Waals surface area (Å²) >= 11 is 0. The third-order valence-electron chi connectivity index (χ3n) is 3.02. The van der Waals surface area contributed by atoms with E-state index < -0.39 is 15.8 Å². The standard InChI is InChI=1S/C13H15FN2O2S/c1-2-7-16(9-10-3-4-10)19(17,18)13-6-5-11(14)8-12(13)15/h1,5-6,8,10H,3-4,7,9,15H2. The van der Waals surface area contributed by atoms with Crippen LogP contribution in [0.3, 0.4) is 0 Å². The number of hydrogen-bond donors (Lipinski definition) is 1. The Kier molecular flexibility index (Phi) is 3.78. The summed E-state index contributed by atoms with van der Waals surface area (Å²) in [5, 5.41) is 0. The summed E-state index contributed by atoms with van der Waals surface area (Å²) in [5.41, 5.74) is 5.49. The number of nitrogens with zero attached hydrogens (tertiary/aromatic N) is 1. The lowest BCUT2D eigenvalue weighted by molar-refractivity contribution is 0.430. The van der Waals surface area contributed by atoms with E-state index in [0.717, 1.165) is 25.0 Å². The summed E-state index contributed by atoms with van der Waals surface area (Å²) in [6.45, 7) is 0.388. The van der Waals surface area contributed by atoms with Crippen molar-refractivity contribution in [3.63, 3.8) is 0 Å². The number of halogens is 1. The van der Waals surface area contributed by atoms with E-state index in [2.05, 4.69) is 5.92 Å². The molecule has 0 amide bonds. The maximum absolute atomic E-state index is 13.0. The molecular weight excluding hydrogens is 267 g/mol. The molecule has 4 nitrogen and oxygen atoms in total. The van der Waals surface area contributed by atoms with Gasteiger partial charge in [-0.15, -0.1) is 6.42 Å². The van der Waals surface area contributed by atoms with Crippen molar-refractivity contribution in [2.24, 2.45) is 5.92 Å². The van der Waals surface area contributed by atoms with E-state index in [4.69, 9.17) is 12.2 Å². The predicted octanol–water partition coefficient (Wildman–Crippen LogP) is 1.44. The minimum atomic E-state index is -3.77. The van der Waals surface area contributed by atoms with Gasteiger partial charge in [0.1, 0.15) is 10.7 Å². The topological polar surface area (TPSA) is 63.4 Å². The zero-order chi connectivity index (χ0) is 14.0. The van der Waals surface area contributed by atoms with Crippen LogP contribution >= 0.6 is 0 Å². The van der Waals surface area contributed by atoms with Gasteiger partial charge in [-0.1, -0.05) is 5.92 Å². The molecule has 102 valence electrons. The number of benzene rings is 1. The summed E-state index contributed by atoms with van der Waals surface area (Å²) in [6, 6.07) is 3.25. The largest absolute Gasteiger partial charge is 0.398 e. The number of hydrogen-bond acceptors (Lipinski definition) is 3. The van der Waals surface area contributed by atoms with Gasteiger partial charge in [0.05, 0.1) is 12.2 Å². The van der Waals surface area contributed by atoms with Gasteiger partial charge in [-0.25, -0.2) is 12.8 Å². The van der Waals surface area contributed by atoms with E-state index >= 15 is 0 Å². The number of nitrogen functional groups attached to an aromatic ring is 1. The highest BCUT2D eigenvalue weighted by Crippen LogP contribution is 2.32. The van der Waals surface area contributed by atoms with Gasteiger partial charge in [0.25, 0.3) is 0 Å². The van der Waals surface area contributed by atoms with Crippen LogP contribution in [0.2, 0.25) is 0 Å². The van der Waals surface area contributed by atoms with E-state index in [1.54, 1.807) is 0 Å². The van der Waals surface area contributed by atoms with Crippen molar-refractivity contribution in [1.82, 2.24) is 4.31 Å². The van der Waals surface area contributed by atoms with Gasteiger partial charge in [0.2, 0.25) is 10.0 Å². The number of nitrogens with two attached hydrogens (primary N) is 1. The normalized spacial score (nSPS) is 15.4. The molecule has 1 aliphatic carbocycles. The van der Waals surface area contributed by atoms with Crippen LogP contribution < -0.4 is 5.73 Å². The molecule has 0 unspecified atom stereocenters. The molecule has 1 saturated carbocycles. The molecule has 0 saturated heterocycles. The Bertz CT molecular complexity index is 618. The second-order valence-electron chi connectivity index (χ2n) is 4.63. The third-order valence-corrected chi connectivity index (χ3v) is 4.90. The maximum Gasteiger partial charge on any atom is 0.246 e. The van der Waals surface area contributed by atoms with Crippen LogP contribution in [-0.4, -0.2) is 25.8 Å². The van der Waals surface area contributed by atoms with Crippen LogP contribution in [0.25, 0.3) is 0 Å². The Hall–Kier alpha value is -1.58. The molecule has 1 aromatic carbocycles. The van der Waals surface area contributed by atoms with Crippen LogP contribution in [0.15, 0.2) is 23.1 Å². The van der Waals surface area contributed by atoms with Crippen LogP contribution in [0.5, 0.6) is 0 Å². The van der Waals surface area contributed by atoms with E-state index in [0.29, 0.717) is 12.5 Å². The highest BCUT2D eigenvalue weighted by atomic mass is 32.2. The Balaban J connectivity index is 2.35. The predicted molar refractivity (Wildman–Crippen MR) is 71.1 cm³/mol. The Morgan fingerprint density at radius 2 is 2.16 bits per heavy atom. The van der Waals surface area contributed by atoms with E-state index in [-0.39, 0.29) is 17.1 Å². The summed E-state index contributed by atoms with van der Waals surface area (Å²) in [4.78, 5) is -0.0928. The molecule has 0 heterocycles. The van der Waals surface area contributed by atoms with Gasteiger partial charge in [-0.2, -0.15) is 4.31 Å². The molecule has 0 radical (unpaired) electrons. The first-order valence-electron chi connectivity index (χ1n) is 5.94. The summed E-state index contributed by atoms with van der Waals surface area (Å²) < 4.78 is 39.1. The molecule has 6 heteroatoms. The lowest BCUT2D eigenvalue weighted by Crippen LogP contribution is -2.33. The van der Waals surface area contributed by atoms with Gasteiger partial charge in [0, 0.05) is 6.54 Å². The summed E-state index contributed by atoms with van der Waals surface area (Å²) in [7, 11) is -3.77. The highest BCUT2D eigenvalue weighted by molar-refractivity contribution is 7.89. The first kappa shape index (κ1) is 13.8. The van der Waals surface area contributed by atoms with Gasteiger partial charge in [-0.3, -0.25) is 0 Å². The number of sulfonamides is 1. The third kappa shape index (κ3) is 3.06. The van der Waals surface area contributed by atoms with E-state index in [1.165, 1.54) is 10.4 Å². The van der Waals surface area contributed by atoms with Crippen molar-refractivity contribution < 1.29 is 12.8 Å². The van der Waals surface area contributed by atoms with Gasteiger partial charge >= 0.3 is 0 Å². The first-order valence-corrected chi connectivity index (χ1v) is 7.38. The molecule has 0 atom stereocenters. The average molecular weight is 282 g/mol. The number of terminal acetylenes is 1. The van der Waals surface area contributed by atoms with Gasteiger partial charge < -0.3 is 5.73 Å². The van der Waals surface area contributed by atoms with Crippen molar-refractivity contribution in [3.05, 3.63) is 24.0 Å². The van der Waals surface area contributed by atoms with E-state index in [1.807, 2.05) is 0 Å². The number of rotatable bonds is 5. The quantitative estimate of drug-likeness (QED) is 0.656. The Morgan fingerprint density at radius 1 is 1.47 bits per heavy atom. The fourth-order valence-electron chi connectivity index (χ4n) is 1.83. The molecule has 0 spiro atoms. The van der Waals surface area contributed by atoms with Crippen molar-refractivity contribution in [1.29, 1.82) is 0 Å². The van der Waals surface area contributed by atoms with Crippen molar-refractivity contribution in [3.8, 4) is 12.3 Å². The zero-order valence-corrected chi connectivity index (χ0v) is 11.2. The highest BCUT2D eigenvalue weighted by Gasteiger charge is 2.32. The summed E-state index contributed by atoms with van der Waals surface area (Å²) in [5.74, 6) is 2.14. The van der Waals surface area contributed by atoms with Crippen LogP contribution in [0.4, 0.5) is 10.1 Å². The fraction of sp³-hybridized carbons (Fsp3) is 0.385. The van der Waals surface area contributed by atoms with Gasteiger partial charge in [0.15, 0.2) is 0 Å². The van der Waals surface area contributed by atoms with Gasteiger partial charge in [-0.05, 0) is 37.0 Å². The molecule has 2 rings (SSSR count). The SMILES string of the molecule is C#CCN(CC1CC1)S(=O)(=O)c1ccc(F)cc1N. The minimum Gasteiger partial charge on any atom is -0.398 e. The van der Waals surface area contributed by atoms with Crippen LogP contribution in [0.1, 0.15) is 12.8 Å². The lowest BCUT2D eigenvalue weighted by Gasteiger charge is -2.20. The van der Waals surface area contributed by atoms with E-state index in [9.17, 15) is 12.8 Å². The molecule has 0 aliphatic heterocycles. The second-order valence-corrected chi connectivity index (χ2v) is 6.53. The minimum absolute atomic E-state index is 0.00432. The molecule has 2 N–H and O–H groups in total. The molecule has 1 fully saturated rings. The molecule has 1 aromatic rings. The van der Waals surface area contributed by atoms with Crippen molar-refractivity contribution in [2.45, 2.75) is 17.7 Å². The lowest BCUT2D eigenvalue weighted by atomic mass is 10.3. The van der Waals surface area contributed by atoms with Crippen LogP contribution in [0, 0.1) is 24.1 Å². The molecule has 0 aromatic heterocycles. The number of anilines is 1. The smallest absolute Gasteiger partial charge is 0.246 e. The van der Waals surface area contributed by atoms with Crippen LogP contribution in [-0.2, 0) is 10.0 Å². The Labute approximate surface area is 112 Å². The monoisotopic (exact) mass is 282 g/mol. The maximum atomic E-state index is 13.0. The van der Waals surface area contributed by atoms with Crippen molar-refractivity contribution >= 4 is 15.7 Å². The van der Waals surface area contributed by atoms with Crippen molar-refractivity contribution in [2.75, 3.05) is 18.8 Å². The Morgan fingerprint density at radius 3 is 2.68 bits per heavy atom. The fourth-order valence-corrected chi connectivity index (χ4v) is 3.36. The second kappa shape index (κ2) is 5.19.